The first-order valence-corrected chi connectivity index (χ1v) is 11.0. The van der Waals surface area contributed by atoms with E-state index < -0.39 is 0 Å². The third-order valence-electron chi connectivity index (χ3n) is 4.98. The molecule has 2 heterocycles. The molecule has 2 aromatic rings. The van der Waals surface area contributed by atoms with Crippen LogP contribution >= 0.6 is 0 Å². The molecular weight excluding hydrogens is 439 g/mol. The highest BCUT2D eigenvalue weighted by molar-refractivity contribution is 5.98. The Morgan fingerprint density at radius 1 is 1.32 bits per heavy atom. The van der Waals surface area contributed by atoms with Crippen molar-refractivity contribution in [2.45, 2.75) is 19.9 Å². The third kappa shape index (κ3) is 8.45. The number of hydrogen-bond donors (Lipinski definition) is 1. The van der Waals surface area contributed by atoms with Crippen molar-refractivity contribution in [1.29, 1.82) is 0 Å². The maximum Gasteiger partial charge on any atom is 0.224 e. The zero-order valence-electron chi connectivity index (χ0n) is 19.2. The second-order valence-corrected chi connectivity index (χ2v) is 7.71. The first-order chi connectivity index (χ1) is 16.5. The zero-order chi connectivity index (χ0) is 24.2. The van der Waals surface area contributed by atoms with E-state index in [1.807, 2.05) is 0 Å². The first kappa shape index (κ1) is 25.1. The van der Waals surface area contributed by atoms with Gasteiger partial charge in [-0.05, 0) is 36.9 Å². The zero-order valence-corrected chi connectivity index (χ0v) is 19.2. The molecule has 1 aromatic carbocycles. The molecule has 1 N–H and O–H groups in total. The number of aromatic nitrogens is 2. The largest absolute Gasteiger partial charge is 0.489 e. The Labute approximate surface area is 198 Å². The molecule has 0 unspecified atom stereocenters. The molecule has 9 nitrogen and oxygen atoms in total. The summed E-state index contributed by atoms with van der Waals surface area (Å²) in [5, 5.41) is 2.76. The Hall–Kier alpha value is -3.50. The Balaban J connectivity index is 1.47. The average molecular weight is 469 g/mol. The number of carbonyl (C=O) groups excluding carboxylic acids is 1. The standard InChI is InChI=1S/C24H29FN6O3/c1-18(12-22(32)27-15-19-4-3-5-20(25)13-19)14-28-23(26-2)24-29-16-21(17-30-24)34-11-8-31-6-9-33-10-7-31/h3-5,13-14,16-17H,2,6-12,15H2,1H3,(H,27,32)/b18-14+,28-23?. The number of halogens is 1. The minimum Gasteiger partial charge on any atom is -0.489 e. The minimum atomic E-state index is -0.337. The van der Waals surface area contributed by atoms with Crippen LogP contribution in [-0.2, 0) is 16.1 Å². The Morgan fingerprint density at radius 2 is 2.09 bits per heavy atom. The van der Waals surface area contributed by atoms with Crippen molar-refractivity contribution in [3.63, 3.8) is 0 Å². The van der Waals surface area contributed by atoms with E-state index in [1.165, 1.54) is 18.3 Å². The number of morpholine rings is 1. The fourth-order valence-electron chi connectivity index (χ4n) is 3.17. The minimum absolute atomic E-state index is 0.139. The fourth-order valence-corrected chi connectivity index (χ4v) is 3.17. The summed E-state index contributed by atoms with van der Waals surface area (Å²) >= 11 is 0. The van der Waals surface area contributed by atoms with Crippen molar-refractivity contribution in [2.24, 2.45) is 9.98 Å². The lowest BCUT2D eigenvalue weighted by molar-refractivity contribution is -0.120. The topological polar surface area (TPSA) is 101 Å². The Kier molecular flexibility index (Phi) is 9.80. The van der Waals surface area contributed by atoms with Crippen LogP contribution < -0.4 is 10.1 Å². The lowest BCUT2D eigenvalue weighted by atomic mass is 10.2. The normalized spacial score (nSPS) is 15.1. The van der Waals surface area contributed by atoms with E-state index in [4.69, 9.17) is 9.47 Å². The quantitative estimate of drug-likeness (QED) is 0.424. The van der Waals surface area contributed by atoms with E-state index in [2.05, 4.69) is 36.9 Å². The molecular formula is C24H29FN6O3. The van der Waals surface area contributed by atoms with Crippen molar-refractivity contribution in [3.05, 3.63) is 65.6 Å². The number of ether oxygens (including phenoxy) is 2. The van der Waals surface area contributed by atoms with Gasteiger partial charge in [-0.2, -0.15) is 0 Å². The summed E-state index contributed by atoms with van der Waals surface area (Å²) in [6, 6.07) is 6.10. The van der Waals surface area contributed by atoms with Crippen LogP contribution in [0.25, 0.3) is 0 Å². The molecule has 0 aliphatic carbocycles. The van der Waals surface area contributed by atoms with Crippen LogP contribution in [0, 0.1) is 5.82 Å². The SMILES string of the molecule is C=NC(=N/C=C(\C)CC(=O)NCc1cccc(F)c1)c1ncc(OCCN2CCOCC2)cn1. The molecule has 10 heteroatoms. The van der Waals surface area contributed by atoms with Crippen LogP contribution in [0.15, 0.2) is 58.4 Å². The van der Waals surface area contributed by atoms with E-state index in [-0.39, 0.29) is 30.5 Å². The van der Waals surface area contributed by atoms with Gasteiger partial charge in [0.05, 0.1) is 25.6 Å². The number of carbonyl (C=O) groups is 1. The molecule has 0 spiro atoms. The summed E-state index contributed by atoms with van der Waals surface area (Å²) in [6.07, 6.45) is 4.81. The van der Waals surface area contributed by atoms with Gasteiger partial charge in [0.1, 0.15) is 12.4 Å². The molecule has 34 heavy (non-hydrogen) atoms. The van der Waals surface area contributed by atoms with Crippen LogP contribution in [-0.4, -0.2) is 72.8 Å². The van der Waals surface area contributed by atoms with Crippen molar-refractivity contribution in [1.82, 2.24) is 20.2 Å². The van der Waals surface area contributed by atoms with E-state index in [0.29, 0.717) is 29.3 Å². The van der Waals surface area contributed by atoms with Crippen LogP contribution in [0.1, 0.15) is 24.7 Å². The summed E-state index contributed by atoms with van der Waals surface area (Å²) in [6.45, 7) is 10.2. The van der Waals surface area contributed by atoms with Gasteiger partial charge in [0.25, 0.3) is 0 Å². The number of benzene rings is 1. The number of nitrogens with zero attached hydrogens (tertiary/aromatic N) is 5. The van der Waals surface area contributed by atoms with Gasteiger partial charge in [-0.25, -0.2) is 24.3 Å². The van der Waals surface area contributed by atoms with Gasteiger partial charge >= 0.3 is 0 Å². The maximum absolute atomic E-state index is 13.2. The summed E-state index contributed by atoms with van der Waals surface area (Å²) in [4.78, 5) is 31.1. The second kappa shape index (κ2) is 13.3. The first-order valence-electron chi connectivity index (χ1n) is 11.0. The van der Waals surface area contributed by atoms with E-state index in [1.54, 1.807) is 31.5 Å². The lowest BCUT2D eigenvalue weighted by Crippen LogP contribution is -2.38. The molecule has 1 saturated heterocycles. The van der Waals surface area contributed by atoms with Gasteiger partial charge in [0.15, 0.2) is 17.4 Å². The molecule has 1 aliphatic heterocycles. The molecule has 0 atom stereocenters. The predicted octanol–water partition coefficient (Wildman–Crippen LogP) is 2.38. The summed E-state index contributed by atoms with van der Waals surface area (Å²) in [7, 11) is 0. The molecule has 3 rings (SSSR count). The molecule has 0 radical (unpaired) electrons. The molecule has 1 aliphatic rings. The maximum atomic E-state index is 13.2. The van der Waals surface area contributed by atoms with Crippen LogP contribution in [0.5, 0.6) is 5.75 Å². The smallest absolute Gasteiger partial charge is 0.224 e. The Morgan fingerprint density at radius 3 is 2.79 bits per heavy atom. The van der Waals surface area contributed by atoms with Gasteiger partial charge in [0.2, 0.25) is 5.91 Å². The van der Waals surface area contributed by atoms with Crippen molar-refractivity contribution in [3.8, 4) is 5.75 Å². The van der Waals surface area contributed by atoms with E-state index in [0.717, 1.165) is 32.8 Å². The van der Waals surface area contributed by atoms with Crippen molar-refractivity contribution >= 4 is 18.5 Å². The van der Waals surface area contributed by atoms with Gasteiger partial charge in [-0.15, -0.1) is 0 Å². The summed E-state index contributed by atoms with van der Waals surface area (Å²) < 4.78 is 24.3. The monoisotopic (exact) mass is 468 g/mol. The third-order valence-corrected chi connectivity index (χ3v) is 4.98. The fraction of sp³-hybridized carbons (Fsp3) is 0.375. The highest BCUT2D eigenvalue weighted by atomic mass is 19.1. The van der Waals surface area contributed by atoms with Crippen molar-refractivity contribution in [2.75, 3.05) is 39.5 Å². The summed E-state index contributed by atoms with van der Waals surface area (Å²) in [5.74, 6) is 0.559. The number of nitrogens with one attached hydrogen (secondary N) is 1. The average Bonchev–Trinajstić information content (AvgIpc) is 2.85. The molecule has 0 saturated carbocycles. The number of amides is 1. The molecule has 180 valence electrons. The number of amidine groups is 1. The van der Waals surface area contributed by atoms with Crippen LogP contribution in [0.4, 0.5) is 4.39 Å². The van der Waals surface area contributed by atoms with Gasteiger partial charge < -0.3 is 14.8 Å². The van der Waals surface area contributed by atoms with Gasteiger partial charge in [0, 0.05) is 38.8 Å². The van der Waals surface area contributed by atoms with Crippen LogP contribution in [0.3, 0.4) is 0 Å². The molecule has 0 bridgehead atoms. The molecule has 1 amide bonds. The number of aliphatic imine (C=N–C) groups is 2. The highest BCUT2D eigenvalue weighted by Crippen LogP contribution is 2.09. The molecule has 1 aromatic heterocycles. The van der Waals surface area contributed by atoms with Gasteiger partial charge in [-0.1, -0.05) is 12.1 Å². The van der Waals surface area contributed by atoms with Crippen molar-refractivity contribution < 1.29 is 18.7 Å². The van der Waals surface area contributed by atoms with Gasteiger partial charge in [-0.3, -0.25) is 9.69 Å². The second-order valence-electron chi connectivity index (χ2n) is 7.71. The van der Waals surface area contributed by atoms with Crippen LogP contribution in [0.2, 0.25) is 0 Å². The Bertz CT molecular complexity index is 1020. The predicted molar refractivity (Wildman–Crippen MR) is 127 cm³/mol. The number of rotatable bonds is 10. The molecule has 1 fully saturated rings. The highest BCUT2D eigenvalue weighted by Gasteiger charge is 2.10. The summed E-state index contributed by atoms with van der Waals surface area (Å²) in [5.41, 5.74) is 1.40. The lowest BCUT2D eigenvalue weighted by Gasteiger charge is -2.26. The van der Waals surface area contributed by atoms with E-state index >= 15 is 0 Å². The van der Waals surface area contributed by atoms with E-state index in [9.17, 15) is 9.18 Å². The number of hydrogen-bond acceptors (Lipinski definition) is 7.